The Labute approximate surface area is 106 Å². The molecular formula is C15H15NO2. The van der Waals surface area contributed by atoms with Gasteiger partial charge in [0.15, 0.2) is 0 Å². The zero-order chi connectivity index (χ0) is 12.9. The van der Waals surface area contributed by atoms with E-state index in [9.17, 15) is 10.1 Å². The number of fused-ring (bicyclic) bond motifs is 3. The number of carbonyl (C=O) groups excluding carboxylic acids is 1. The van der Waals surface area contributed by atoms with Gasteiger partial charge in [0.2, 0.25) is 0 Å². The number of hydrogen-bond donors (Lipinski definition) is 0. The van der Waals surface area contributed by atoms with Crippen LogP contribution in [0.2, 0.25) is 0 Å². The number of ketones is 1. The second kappa shape index (κ2) is 3.58. The minimum absolute atomic E-state index is 0.133. The van der Waals surface area contributed by atoms with Crippen molar-refractivity contribution in [1.82, 2.24) is 0 Å². The molecule has 1 heterocycles. The highest BCUT2D eigenvalue weighted by Gasteiger charge is 2.54. The van der Waals surface area contributed by atoms with Gasteiger partial charge in [0, 0.05) is 23.8 Å². The molecule has 1 fully saturated rings. The van der Waals surface area contributed by atoms with Crippen molar-refractivity contribution in [2.45, 2.75) is 38.2 Å². The average molecular weight is 241 g/mol. The largest absolute Gasteiger partial charge is 0.489 e. The van der Waals surface area contributed by atoms with Crippen LogP contribution in [0, 0.1) is 24.2 Å². The Bertz CT molecular complexity index is 572. The van der Waals surface area contributed by atoms with Crippen LogP contribution in [0.5, 0.6) is 5.75 Å². The zero-order valence-corrected chi connectivity index (χ0v) is 10.6. The van der Waals surface area contributed by atoms with Gasteiger partial charge in [0.05, 0.1) is 12.0 Å². The molecular weight excluding hydrogens is 226 g/mol. The smallest absolute Gasteiger partial charge is 0.137 e. The van der Waals surface area contributed by atoms with E-state index in [1.54, 1.807) is 0 Å². The normalized spacial score (nSPS) is 33.3. The van der Waals surface area contributed by atoms with Crippen LogP contribution in [-0.4, -0.2) is 11.9 Å². The van der Waals surface area contributed by atoms with Crippen molar-refractivity contribution in [3.05, 3.63) is 29.3 Å². The van der Waals surface area contributed by atoms with Gasteiger partial charge in [-0.3, -0.25) is 4.79 Å². The van der Waals surface area contributed by atoms with Crippen LogP contribution in [0.4, 0.5) is 0 Å². The lowest BCUT2D eigenvalue weighted by Gasteiger charge is -2.37. The molecule has 0 unspecified atom stereocenters. The maximum absolute atomic E-state index is 11.7. The minimum atomic E-state index is -0.343. The molecule has 3 nitrogen and oxygen atoms in total. The quantitative estimate of drug-likeness (QED) is 0.701. The number of Topliss-reactive ketones (excluding diaryl/α,β-unsaturated/α-hetero) is 1. The SMILES string of the molecule is Cc1ccc2c(c1)[C@]1(C)[C@H](C#N)CC(=O)C[C@@H]1O2. The van der Waals surface area contributed by atoms with Crippen LogP contribution in [-0.2, 0) is 10.2 Å². The van der Waals surface area contributed by atoms with E-state index in [1.165, 1.54) is 0 Å². The van der Waals surface area contributed by atoms with Crippen molar-refractivity contribution in [2.24, 2.45) is 5.92 Å². The van der Waals surface area contributed by atoms with Crippen molar-refractivity contribution < 1.29 is 9.53 Å². The molecule has 1 aliphatic carbocycles. The molecule has 0 amide bonds. The molecule has 18 heavy (non-hydrogen) atoms. The summed E-state index contributed by atoms with van der Waals surface area (Å²) in [6.07, 6.45) is 0.586. The van der Waals surface area contributed by atoms with E-state index in [0.29, 0.717) is 12.8 Å². The lowest BCUT2D eigenvalue weighted by atomic mass is 9.63. The summed E-state index contributed by atoms with van der Waals surface area (Å²) in [7, 11) is 0. The molecule has 0 N–H and O–H groups in total. The van der Waals surface area contributed by atoms with Crippen LogP contribution < -0.4 is 4.74 Å². The first-order valence-electron chi connectivity index (χ1n) is 6.25. The summed E-state index contributed by atoms with van der Waals surface area (Å²) in [5, 5.41) is 9.36. The summed E-state index contributed by atoms with van der Waals surface area (Å²) < 4.78 is 5.90. The van der Waals surface area contributed by atoms with Gasteiger partial charge in [-0.1, -0.05) is 24.6 Å². The average Bonchev–Trinajstić information content (AvgIpc) is 2.62. The van der Waals surface area contributed by atoms with E-state index in [0.717, 1.165) is 16.9 Å². The molecule has 0 radical (unpaired) electrons. The molecule has 1 aromatic rings. The maximum atomic E-state index is 11.7. The van der Waals surface area contributed by atoms with Crippen LogP contribution in [0.25, 0.3) is 0 Å². The van der Waals surface area contributed by atoms with E-state index in [2.05, 4.69) is 19.1 Å². The molecule has 1 saturated carbocycles. The predicted octanol–water partition coefficient (Wildman–Crippen LogP) is 2.52. The van der Waals surface area contributed by atoms with E-state index in [1.807, 2.05) is 19.1 Å². The molecule has 0 saturated heterocycles. The van der Waals surface area contributed by atoms with E-state index in [4.69, 9.17) is 4.74 Å². The molecule has 0 spiro atoms. The standard InChI is InChI=1S/C15H15NO2/c1-9-3-4-13-12(5-9)15(2)10(8-16)6-11(17)7-14(15)18-13/h3-5,10,14H,6-7H2,1-2H3/t10-,14-,15-/m0/s1. The first-order valence-corrected chi connectivity index (χ1v) is 6.25. The summed E-state index contributed by atoms with van der Waals surface area (Å²) in [6.45, 7) is 4.09. The third-order valence-electron chi connectivity index (χ3n) is 4.38. The lowest BCUT2D eigenvalue weighted by molar-refractivity contribution is -0.125. The van der Waals surface area contributed by atoms with Gasteiger partial charge in [0.25, 0.3) is 0 Å². The Morgan fingerprint density at radius 1 is 1.44 bits per heavy atom. The number of aryl methyl sites for hydroxylation is 1. The van der Waals surface area contributed by atoms with Crippen LogP contribution >= 0.6 is 0 Å². The van der Waals surface area contributed by atoms with Gasteiger partial charge in [-0.15, -0.1) is 0 Å². The van der Waals surface area contributed by atoms with Crippen molar-refractivity contribution >= 4 is 5.78 Å². The Morgan fingerprint density at radius 3 is 2.94 bits per heavy atom. The van der Waals surface area contributed by atoms with Gasteiger partial charge in [-0.05, 0) is 13.0 Å². The fourth-order valence-electron chi connectivity index (χ4n) is 3.19. The molecule has 0 bridgehead atoms. The van der Waals surface area contributed by atoms with Gasteiger partial charge >= 0.3 is 0 Å². The molecule has 3 rings (SSSR count). The summed E-state index contributed by atoms with van der Waals surface area (Å²) in [4.78, 5) is 11.7. The molecule has 0 aromatic heterocycles. The Morgan fingerprint density at radius 2 is 2.22 bits per heavy atom. The van der Waals surface area contributed by atoms with Crippen molar-refractivity contribution in [2.75, 3.05) is 0 Å². The fourth-order valence-corrected chi connectivity index (χ4v) is 3.19. The molecule has 1 aliphatic heterocycles. The summed E-state index contributed by atoms with van der Waals surface area (Å²) >= 11 is 0. The Kier molecular flexibility index (Phi) is 2.25. The van der Waals surface area contributed by atoms with Crippen LogP contribution in [0.15, 0.2) is 18.2 Å². The van der Waals surface area contributed by atoms with E-state index < -0.39 is 0 Å². The highest BCUT2D eigenvalue weighted by Crippen LogP contribution is 2.52. The highest BCUT2D eigenvalue weighted by atomic mass is 16.5. The second-order valence-corrected chi connectivity index (χ2v) is 5.52. The summed E-state index contributed by atoms with van der Waals surface area (Å²) in [5.74, 6) is 0.684. The van der Waals surface area contributed by atoms with Gasteiger partial charge in [-0.25, -0.2) is 0 Å². The predicted molar refractivity (Wildman–Crippen MR) is 66.3 cm³/mol. The zero-order valence-electron chi connectivity index (χ0n) is 10.6. The van der Waals surface area contributed by atoms with Crippen molar-refractivity contribution in [3.63, 3.8) is 0 Å². The van der Waals surface area contributed by atoms with Gasteiger partial charge < -0.3 is 4.74 Å². The van der Waals surface area contributed by atoms with Gasteiger partial charge in [-0.2, -0.15) is 5.26 Å². The molecule has 3 atom stereocenters. The number of rotatable bonds is 0. The number of nitriles is 1. The molecule has 3 heteroatoms. The van der Waals surface area contributed by atoms with E-state index >= 15 is 0 Å². The summed E-state index contributed by atoms with van der Waals surface area (Å²) in [6, 6.07) is 8.35. The Hall–Kier alpha value is -1.82. The lowest BCUT2D eigenvalue weighted by Crippen LogP contribution is -2.47. The topological polar surface area (TPSA) is 50.1 Å². The molecule has 2 aliphatic rings. The number of carbonyl (C=O) groups is 1. The first kappa shape index (κ1) is 11.3. The monoisotopic (exact) mass is 241 g/mol. The highest BCUT2D eigenvalue weighted by molar-refractivity contribution is 5.82. The summed E-state index contributed by atoms with van der Waals surface area (Å²) in [5.41, 5.74) is 1.91. The number of nitrogens with zero attached hydrogens (tertiary/aromatic N) is 1. The molecule has 1 aromatic carbocycles. The third-order valence-corrected chi connectivity index (χ3v) is 4.38. The second-order valence-electron chi connectivity index (χ2n) is 5.52. The van der Waals surface area contributed by atoms with Crippen molar-refractivity contribution in [1.29, 1.82) is 5.26 Å². The van der Waals surface area contributed by atoms with Gasteiger partial charge in [0.1, 0.15) is 17.6 Å². The number of ether oxygens (including phenoxy) is 1. The maximum Gasteiger partial charge on any atom is 0.137 e. The van der Waals surface area contributed by atoms with Crippen LogP contribution in [0.3, 0.4) is 0 Å². The number of benzene rings is 1. The van der Waals surface area contributed by atoms with Crippen molar-refractivity contribution in [3.8, 4) is 11.8 Å². The van der Waals surface area contributed by atoms with E-state index in [-0.39, 0.29) is 23.2 Å². The minimum Gasteiger partial charge on any atom is -0.489 e. The fraction of sp³-hybridized carbons (Fsp3) is 0.467. The molecule has 92 valence electrons. The first-order chi connectivity index (χ1) is 8.55. The third kappa shape index (κ3) is 1.32. The number of hydrogen-bond acceptors (Lipinski definition) is 3. The Balaban J connectivity index is 2.16. The van der Waals surface area contributed by atoms with Crippen LogP contribution in [0.1, 0.15) is 30.9 Å².